The van der Waals surface area contributed by atoms with E-state index < -0.39 is 5.97 Å². The van der Waals surface area contributed by atoms with Crippen LogP contribution in [-0.4, -0.2) is 24.1 Å². The highest BCUT2D eigenvalue weighted by Gasteiger charge is 2.31. The predicted octanol–water partition coefficient (Wildman–Crippen LogP) is 4.47. The van der Waals surface area contributed by atoms with Crippen LogP contribution in [0.5, 0.6) is 0 Å². The molecule has 0 aromatic heterocycles. The van der Waals surface area contributed by atoms with Crippen LogP contribution in [0.2, 0.25) is 0 Å². The number of esters is 1. The van der Waals surface area contributed by atoms with Gasteiger partial charge < -0.3 is 9.75 Å². The Bertz CT molecular complexity index is 585. The van der Waals surface area contributed by atoms with Gasteiger partial charge in [-0.2, -0.15) is 5.26 Å². The molecule has 0 saturated carbocycles. The summed E-state index contributed by atoms with van der Waals surface area (Å²) in [5.41, 5.74) is 1.76. The summed E-state index contributed by atoms with van der Waals surface area (Å²) >= 11 is 0. The molecule has 0 saturated heterocycles. The number of carbonyl (C=O) groups excluding carboxylic acids is 1. The fourth-order valence-corrected chi connectivity index (χ4v) is 3.48. The Kier molecular flexibility index (Phi) is 8.87. The molecule has 0 spiro atoms. The van der Waals surface area contributed by atoms with Crippen LogP contribution in [0.15, 0.2) is 22.9 Å². The van der Waals surface area contributed by atoms with Gasteiger partial charge in [0, 0.05) is 12.2 Å². The van der Waals surface area contributed by atoms with Crippen molar-refractivity contribution < 1.29 is 9.53 Å². The molecule has 5 heteroatoms. The summed E-state index contributed by atoms with van der Waals surface area (Å²) in [6.45, 7) is 11.5. The average Bonchev–Trinajstić information content (AvgIpc) is 2.57. The molecule has 0 aromatic rings. The number of nitriles is 1. The summed E-state index contributed by atoms with van der Waals surface area (Å²) in [6, 6.07) is 2.03. The molecular formula is C21H35N3O2. The highest BCUT2D eigenvalue weighted by atomic mass is 16.5. The fourth-order valence-electron chi connectivity index (χ4n) is 3.48. The predicted molar refractivity (Wildman–Crippen MR) is 105 cm³/mol. The van der Waals surface area contributed by atoms with E-state index in [4.69, 9.17) is 10.6 Å². The molecule has 5 nitrogen and oxygen atoms in total. The van der Waals surface area contributed by atoms with Gasteiger partial charge in [-0.05, 0) is 49.2 Å². The maximum Gasteiger partial charge on any atom is 0.349 e. The van der Waals surface area contributed by atoms with Crippen molar-refractivity contribution in [3.8, 4) is 6.07 Å². The normalized spacial score (nSPS) is 19.2. The van der Waals surface area contributed by atoms with Crippen molar-refractivity contribution in [3.63, 3.8) is 0 Å². The summed E-state index contributed by atoms with van der Waals surface area (Å²) in [5, 5.41) is 11.3. The van der Waals surface area contributed by atoms with Crippen LogP contribution in [0, 0.1) is 22.7 Å². The third-order valence-electron chi connectivity index (χ3n) is 4.95. The zero-order valence-electron chi connectivity index (χ0n) is 17.1. The average molecular weight is 362 g/mol. The minimum absolute atomic E-state index is 0.0588. The van der Waals surface area contributed by atoms with Crippen LogP contribution in [0.3, 0.4) is 0 Å². The Hall–Kier alpha value is -1.80. The Morgan fingerprint density at radius 3 is 2.62 bits per heavy atom. The number of hydrogen-bond donors (Lipinski definition) is 1. The Labute approximate surface area is 158 Å². The Morgan fingerprint density at radius 1 is 1.38 bits per heavy atom. The number of carbonyl (C=O) groups is 1. The first kappa shape index (κ1) is 22.2. The van der Waals surface area contributed by atoms with Gasteiger partial charge in [0.1, 0.15) is 11.6 Å². The fraction of sp³-hybridized carbons (Fsp3) is 0.714. The van der Waals surface area contributed by atoms with E-state index in [9.17, 15) is 10.1 Å². The molecule has 26 heavy (non-hydrogen) atoms. The Morgan fingerprint density at radius 2 is 2.08 bits per heavy atom. The van der Waals surface area contributed by atoms with E-state index >= 15 is 0 Å². The number of rotatable bonds is 9. The van der Waals surface area contributed by atoms with E-state index in [0.717, 1.165) is 30.7 Å². The number of unbranched alkanes of at least 4 members (excludes halogenated alkanes) is 1. The molecule has 0 heterocycles. The SMILES string of the molecule is CCCCC(CC)CN(N)C1=C/C(=C(/C#N)C(=O)OCC)CC(C)(C)C1. The molecular weight excluding hydrogens is 326 g/mol. The summed E-state index contributed by atoms with van der Waals surface area (Å²) in [5.74, 6) is 6.41. The highest BCUT2D eigenvalue weighted by molar-refractivity contribution is 5.94. The van der Waals surface area contributed by atoms with Crippen molar-refractivity contribution in [2.24, 2.45) is 17.2 Å². The van der Waals surface area contributed by atoms with E-state index in [-0.39, 0.29) is 17.6 Å². The van der Waals surface area contributed by atoms with Gasteiger partial charge >= 0.3 is 5.97 Å². The van der Waals surface area contributed by atoms with Crippen LogP contribution < -0.4 is 5.84 Å². The first-order valence-corrected chi connectivity index (χ1v) is 9.81. The maximum atomic E-state index is 12.1. The van der Waals surface area contributed by atoms with E-state index in [0.29, 0.717) is 12.3 Å². The molecule has 146 valence electrons. The minimum Gasteiger partial charge on any atom is -0.462 e. The topological polar surface area (TPSA) is 79.4 Å². The molecule has 0 aliphatic heterocycles. The molecule has 2 N–H and O–H groups in total. The van der Waals surface area contributed by atoms with Gasteiger partial charge in [-0.25, -0.2) is 10.6 Å². The summed E-state index contributed by atoms with van der Waals surface area (Å²) < 4.78 is 5.04. The van der Waals surface area contributed by atoms with Crippen molar-refractivity contribution >= 4 is 5.97 Å². The molecule has 0 bridgehead atoms. The van der Waals surface area contributed by atoms with E-state index in [1.165, 1.54) is 19.3 Å². The van der Waals surface area contributed by atoms with Crippen LogP contribution in [0.1, 0.15) is 73.1 Å². The number of ether oxygens (including phenoxy) is 1. The van der Waals surface area contributed by atoms with Gasteiger partial charge in [0.2, 0.25) is 0 Å². The van der Waals surface area contributed by atoms with Crippen LogP contribution >= 0.6 is 0 Å². The van der Waals surface area contributed by atoms with Crippen LogP contribution in [0.25, 0.3) is 0 Å². The van der Waals surface area contributed by atoms with E-state index in [2.05, 4.69) is 27.7 Å². The molecule has 1 rings (SSSR count). The van der Waals surface area contributed by atoms with Gasteiger partial charge in [-0.1, -0.05) is 47.0 Å². The molecule has 0 aromatic carbocycles. The second-order valence-corrected chi connectivity index (χ2v) is 7.95. The molecule has 1 unspecified atom stereocenters. The zero-order valence-corrected chi connectivity index (χ0v) is 17.1. The number of nitrogens with two attached hydrogens (primary N) is 1. The van der Waals surface area contributed by atoms with E-state index in [1.54, 1.807) is 6.92 Å². The third-order valence-corrected chi connectivity index (χ3v) is 4.95. The largest absolute Gasteiger partial charge is 0.462 e. The van der Waals surface area contributed by atoms with Gasteiger partial charge in [-0.15, -0.1) is 0 Å². The highest BCUT2D eigenvalue weighted by Crippen LogP contribution is 2.40. The van der Waals surface area contributed by atoms with Crippen molar-refractivity contribution in [2.45, 2.75) is 73.1 Å². The number of allylic oxidation sites excluding steroid dienone is 3. The zero-order chi connectivity index (χ0) is 19.7. The first-order valence-electron chi connectivity index (χ1n) is 9.81. The van der Waals surface area contributed by atoms with Crippen molar-refractivity contribution in [2.75, 3.05) is 13.2 Å². The van der Waals surface area contributed by atoms with Crippen molar-refractivity contribution in [1.82, 2.24) is 5.01 Å². The number of hydrogen-bond acceptors (Lipinski definition) is 5. The van der Waals surface area contributed by atoms with Gasteiger partial charge in [0.25, 0.3) is 0 Å². The summed E-state index contributed by atoms with van der Waals surface area (Å²) in [4.78, 5) is 12.1. The molecule has 0 radical (unpaired) electrons. The van der Waals surface area contributed by atoms with Gasteiger partial charge in [-0.3, -0.25) is 0 Å². The lowest BCUT2D eigenvalue weighted by Gasteiger charge is -2.36. The first-order chi connectivity index (χ1) is 12.3. The lowest BCUT2D eigenvalue weighted by molar-refractivity contribution is -0.138. The smallest absolute Gasteiger partial charge is 0.349 e. The van der Waals surface area contributed by atoms with E-state index in [1.807, 2.05) is 17.2 Å². The van der Waals surface area contributed by atoms with Crippen molar-refractivity contribution in [3.05, 3.63) is 22.9 Å². The maximum absolute atomic E-state index is 12.1. The molecule has 1 atom stereocenters. The van der Waals surface area contributed by atoms with Crippen LogP contribution in [-0.2, 0) is 9.53 Å². The van der Waals surface area contributed by atoms with Crippen LogP contribution in [0.4, 0.5) is 0 Å². The number of nitrogens with zero attached hydrogens (tertiary/aromatic N) is 2. The molecule has 0 fully saturated rings. The second-order valence-electron chi connectivity index (χ2n) is 7.95. The molecule has 1 aliphatic carbocycles. The quantitative estimate of drug-likeness (QED) is 0.215. The summed E-state index contributed by atoms with van der Waals surface area (Å²) in [7, 11) is 0. The number of hydrazine groups is 1. The third kappa shape index (κ3) is 6.49. The Balaban J connectivity index is 3.10. The van der Waals surface area contributed by atoms with Crippen molar-refractivity contribution in [1.29, 1.82) is 5.26 Å². The molecule has 0 amide bonds. The lowest BCUT2D eigenvalue weighted by Crippen LogP contribution is -2.38. The standard InChI is InChI=1S/C21H35N3O2/c1-6-9-10-16(7-2)15-24(23)18-11-17(12-21(4,5)13-18)19(14-22)20(25)26-8-3/h11,16H,6-10,12-13,15,23H2,1-5H3/b19-17+. The lowest BCUT2D eigenvalue weighted by atomic mass is 9.76. The molecule has 1 aliphatic rings. The summed E-state index contributed by atoms with van der Waals surface area (Å²) in [6.07, 6.45) is 8.09. The van der Waals surface area contributed by atoms with Gasteiger partial charge in [0.15, 0.2) is 0 Å². The second kappa shape index (κ2) is 10.4. The monoisotopic (exact) mass is 361 g/mol. The minimum atomic E-state index is -0.545. The van der Waals surface area contributed by atoms with Gasteiger partial charge in [0.05, 0.1) is 6.61 Å².